The first kappa shape index (κ1) is 16.1. The molecule has 0 bridgehead atoms. The van der Waals surface area contributed by atoms with Gasteiger partial charge in [-0.1, -0.05) is 30.3 Å². The summed E-state index contributed by atoms with van der Waals surface area (Å²) in [6.45, 7) is 0. The van der Waals surface area contributed by atoms with Crippen LogP contribution >= 0.6 is 0 Å². The molecule has 0 unspecified atom stereocenters. The maximum absolute atomic E-state index is 14.0. The minimum Gasteiger partial charge on any atom is -0.505 e. The van der Waals surface area contributed by atoms with Crippen LogP contribution in [0.4, 0.5) is 8.78 Å². The average molecular weight is 352 g/mol. The number of ether oxygens (including phenoxy) is 1. The Hall–Kier alpha value is -3.41. The summed E-state index contributed by atoms with van der Waals surface area (Å²) in [5.41, 5.74) is -0.501. The number of carbonyl (C=O) groups is 1. The van der Waals surface area contributed by atoms with Gasteiger partial charge in [0, 0.05) is 16.7 Å². The lowest BCUT2D eigenvalue weighted by Crippen LogP contribution is -2.29. The highest BCUT2D eigenvalue weighted by Gasteiger charge is 2.49. The number of esters is 1. The van der Waals surface area contributed by atoms with Gasteiger partial charge in [0.1, 0.15) is 0 Å². The first-order valence-corrected chi connectivity index (χ1v) is 7.74. The molecule has 1 aliphatic rings. The number of cyclic esters (lactones) is 1. The maximum Gasteiger partial charge on any atom is 0.340 e. The zero-order valence-corrected chi connectivity index (χ0v) is 13.2. The predicted molar refractivity (Wildman–Crippen MR) is 87.9 cm³/mol. The number of phenols is 2. The zero-order valence-electron chi connectivity index (χ0n) is 13.2. The summed E-state index contributed by atoms with van der Waals surface area (Å²) in [4.78, 5) is 12.4. The third-order valence-electron chi connectivity index (χ3n) is 4.48. The summed E-state index contributed by atoms with van der Waals surface area (Å²) in [6, 6.07) is 13.7. The number of halogens is 2. The molecule has 2 N–H and O–H groups in total. The molecule has 0 aromatic heterocycles. The molecular weight excluding hydrogens is 340 g/mol. The van der Waals surface area contributed by atoms with E-state index < -0.39 is 34.7 Å². The van der Waals surface area contributed by atoms with E-state index in [-0.39, 0.29) is 16.7 Å². The van der Waals surface area contributed by atoms with E-state index in [9.17, 15) is 23.8 Å². The van der Waals surface area contributed by atoms with E-state index in [0.29, 0.717) is 5.56 Å². The van der Waals surface area contributed by atoms with E-state index >= 15 is 0 Å². The number of carbonyl (C=O) groups excluding carboxylic acids is 1. The van der Waals surface area contributed by atoms with Crippen molar-refractivity contribution in [1.29, 1.82) is 0 Å². The Morgan fingerprint density at radius 1 is 0.808 bits per heavy atom. The molecule has 0 atom stereocenters. The number of benzene rings is 3. The van der Waals surface area contributed by atoms with Crippen LogP contribution in [0.15, 0.2) is 60.7 Å². The van der Waals surface area contributed by atoms with Crippen LogP contribution in [0.5, 0.6) is 11.5 Å². The van der Waals surface area contributed by atoms with E-state index in [1.807, 2.05) is 0 Å². The summed E-state index contributed by atoms with van der Waals surface area (Å²) >= 11 is 0. The van der Waals surface area contributed by atoms with Gasteiger partial charge in [-0.2, -0.15) is 0 Å². The van der Waals surface area contributed by atoms with Crippen molar-refractivity contribution in [3.63, 3.8) is 0 Å². The lowest BCUT2D eigenvalue weighted by molar-refractivity contribution is 0.0249. The van der Waals surface area contributed by atoms with Crippen LogP contribution in [0.1, 0.15) is 27.0 Å². The van der Waals surface area contributed by atoms with Crippen LogP contribution in [-0.4, -0.2) is 16.2 Å². The van der Waals surface area contributed by atoms with Gasteiger partial charge in [-0.15, -0.1) is 0 Å². The Labute approximate surface area is 146 Å². The van der Waals surface area contributed by atoms with Gasteiger partial charge in [0.05, 0.1) is 5.56 Å². The third-order valence-corrected chi connectivity index (χ3v) is 4.48. The quantitative estimate of drug-likeness (QED) is 0.688. The van der Waals surface area contributed by atoms with Crippen molar-refractivity contribution < 1.29 is 28.5 Å². The molecule has 1 aliphatic heterocycles. The van der Waals surface area contributed by atoms with Crippen molar-refractivity contribution in [3.05, 3.63) is 94.6 Å². The fourth-order valence-electron chi connectivity index (χ4n) is 3.26. The van der Waals surface area contributed by atoms with Gasteiger partial charge in [0.2, 0.25) is 0 Å². The van der Waals surface area contributed by atoms with Crippen molar-refractivity contribution in [2.75, 3.05) is 0 Å². The van der Waals surface area contributed by atoms with Crippen molar-refractivity contribution in [1.82, 2.24) is 0 Å². The standard InChI is InChI=1S/C20H12F2O4/c21-15-9-11(5-7-17(15)23)20(12-6-8-18(24)16(22)10-12)14-4-2-1-3-13(14)19(25)26-20/h1-10,23-24H/i21-1,22-1. The summed E-state index contributed by atoms with van der Waals surface area (Å²) < 4.78 is 33.7. The van der Waals surface area contributed by atoms with E-state index in [0.717, 1.165) is 24.3 Å². The highest BCUT2D eigenvalue weighted by atomic mass is 18.2. The Kier molecular flexibility index (Phi) is 3.44. The lowest BCUT2D eigenvalue weighted by atomic mass is 9.79. The molecule has 0 saturated carbocycles. The zero-order chi connectivity index (χ0) is 18.5. The van der Waals surface area contributed by atoms with Crippen LogP contribution < -0.4 is 0 Å². The molecule has 130 valence electrons. The highest BCUT2D eigenvalue weighted by Crippen LogP contribution is 2.48. The van der Waals surface area contributed by atoms with Gasteiger partial charge < -0.3 is 14.9 Å². The first-order valence-electron chi connectivity index (χ1n) is 7.74. The lowest BCUT2D eigenvalue weighted by Gasteiger charge is -2.30. The second kappa shape index (κ2) is 5.56. The van der Waals surface area contributed by atoms with E-state index in [1.54, 1.807) is 24.3 Å². The van der Waals surface area contributed by atoms with Crippen molar-refractivity contribution in [2.24, 2.45) is 0 Å². The number of phenolic OH excluding ortho intramolecular Hbond substituents is 2. The predicted octanol–water partition coefficient (Wildman–Crippen LogP) is 3.84. The summed E-state index contributed by atoms with van der Waals surface area (Å²) in [7, 11) is 0. The highest BCUT2D eigenvalue weighted by molar-refractivity contribution is 5.96. The second-order valence-electron chi connectivity index (χ2n) is 5.95. The van der Waals surface area contributed by atoms with Crippen LogP contribution in [0, 0.1) is 11.6 Å². The summed E-state index contributed by atoms with van der Waals surface area (Å²) in [6.07, 6.45) is 0. The molecular formula is C20H12F2O4. The monoisotopic (exact) mass is 352 g/mol. The smallest absolute Gasteiger partial charge is 0.340 e. The third kappa shape index (κ3) is 2.15. The molecule has 4 nitrogen and oxygen atoms in total. The molecule has 26 heavy (non-hydrogen) atoms. The van der Waals surface area contributed by atoms with Crippen molar-refractivity contribution in [3.8, 4) is 11.5 Å². The number of hydrogen-bond donors (Lipinski definition) is 2. The van der Waals surface area contributed by atoms with Crippen molar-refractivity contribution in [2.45, 2.75) is 5.60 Å². The Morgan fingerprint density at radius 3 is 1.88 bits per heavy atom. The van der Waals surface area contributed by atoms with Gasteiger partial charge in [0.15, 0.2) is 28.7 Å². The first-order chi connectivity index (χ1) is 12.4. The van der Waals surface area contributed by atoms with E-state index in [1.165, 1.54) is 12.1 Å². The minimum atomic E-state index is -1.60. The molecule has 3 aromatic rings. The Balaban J connectivity index is 2.07. The largest absolute Gasteiger partial charge is 0.505 e. The van der Waals surface area contributed by atoms with Crippen LogP contribution in [0.3, 0.4) is 0 Å². The molecule has 0 aliphatic carbocycles. The van der Waals surface area contributed by atoms with Gasteiger partial charge in [-0.05, 0) is 30.3 Å². The van der Waals surface area contributed by atoms with E-state index in [2.05, 4.69) is 0 Å². The molecule has 6 heteroatoms. The molecule has 0 spiro atoms. The number of rotatable bonds is 2. The molecule has 0 radical (unpaired) electrons. The minimum absolute atomic E-state index is 0.205. The Morgan fingerprint density at radius 2 is 1.35 bits per heavy atom. The van der Waals surface area contributed by atoms with Gasteiger partial charge in [-0.3, -0.25) is 0 Å². The molecule has 3 aromatic carbocycles. The van der Waals surface area contributed by atoms with Crippen LogP contribution in [0.25, 0.3) is 0 Å². The number of hydrogen-bond acceptors (Lipinski definition) is 4. The van der Waals surface area contributed by atoms with Crippen LogP contribution in [-0.2, 0) is 10.3 Å². The topological polar surface area (TPSA) is 66.8 Å². The van der Waals surface area contributed by atoms with E-state index in [4.69, 9.17) is 4.74 Å². The van der Waals surface area contributed by atoms with Gasteiger partial charge in [-0.25, -0.2) is 13.6 Å². The summed E-state index contributed by atoms with van der Waals surface area (Å²) in [5, 5.41) is 19.0. The SMILES string of the molecule is O=C1OC(c2ccc(O)c([18F])c2)(c2ccc(O)c([18F])c2)c2ccccc21. The molecule has 0 amide bonds. The normalized spacial score (nSPS) is 14.8. The number of aromatic hydroxyl groups is 2. The fourth-order valence-corrected chi connectivity index (χ4v) is 3.26. The van der Waals surface area contributed by atoms with Crippen LogP contribution in [0.2, 0.25) is 0 Å². The van der Waals surface area contributed by atoms with Gasteiger partial charge in [0.25, 0.3) is 0 Å². The molecule has 0 saturated heterocycles. The summed E-state index contributed by atoms with van der Waals surface area (Å²) in [5.74, 6) is -3.55. The fraction of sp³-hybridized carbons (Fsp3) is 0.0500. The maximum atomic E-state index is 14.0. The van der Waals surface area contributed by atoms with Gasteiger partial charge >= 0.3 is 5.97 Å². The average Bonchev–Trinajstić information content (AvgIpc) is 2.94. The molecule has 0 fully saturated rings. The Bertz CT molecular complexity index is 994. The number of fused-ring (bicyclic) bond motifs is 1. The van der Waals surface area contributed by atoms with Crippen molar-refractivity contribution >= 4 is 5.97 Å². The second-order valence-corrected chi connectivity index (χ2v) is 5.95. The molecule has 4 rings (SSSR count). The molecule has 1 heterocycles.